The lowest BCUT2D eigenvalue weighted by Gasteiger charge is -2.16. The van der Waals surface area contributed by atoms with Crippen molar-refractivity contribution in [3.8, 4) is 0 Å². The molecule has 0 fully saturated rings. The van der Waals surface area contributed by atoms with Gasteiger partial charge in [0.25, 0.3) is 0 Å². The number of hydrogen-bond acceptors (Lipinski definition) is 5. The fourth-order valence-electron chi connectivity index (χ4n) is 1.09. The lowest BCUT2D eigenvalue weighted by atomic mass is 10.1. The van der Waals surface area contributed by atoms with Gasteiger partial charge in [0.1, 0.15) is 18.5 Å². The summed E-state index contributed by atoms with van der Waals surface area (Å²) in [5.74, 6) is -0.788. The monoisotopic (exact) mass is 244 g/mol. The SMILES string of the molecule is CCC(=O)CC(COC(=O)CC)OC(=O)CC. The number of esters is 2. The standard InChI is InChI=1S/C12H20O5/c1-4-9(13)7-10(17-12(15)6-3)8-16-11(14)5-2/h10H,4-8H2,1-3H3. The Morgan fingerprint density at radius 1 is 0.941 bits per heavy atom. The summed E-state index contributed by atoms with van der Waals surface area (Å²) in [7, 11) is 0. The van der Waals surface area contributed by atoms with E-state index in [1.165, 1.54) is 0 Å². The van der Waals surface area contributed by atoms with Gasteiger partial charge in [-0.25, -0.2) is 0 Å². The third-order valence-electron chi connectivity index (χ3n) is 2.16. The number of ether oxygens (including phenoxy) is 2. The topological polar surface area (TPSA) is 69.7 Å². The first-order chi connectivity index (χ1) is 8.03. The van der Waals surface area contributed by atoms with Crippen molar-refractivity contribution < 1.29 is 23.9 Å². The van der Waals surface area contributed by atoms with E-state index in [9.17, 15) is 14.4 Å². The second-order valence-corrected chi connectivity index (χ2v) is 3.60. The molecule has 0 aromatic rings. The molecule has 1 unspecified atom stereocenters. The molecule has 0 rings (SSSR count). The molecule has 0 N–H and O–H groups in total. The van der Waals surface area contributed by atoms with Gasteiger partial charge in [-0.05, 0) is 0 Å². The summed E-state index contributed by atoms with van der Waals surface area (Å²) in [6, 6.07) is 0. The average molecular weight is 244 g/mol. The number of rotatable bonds is 8. The predicted octanol–water partition coefficient (Wildman–Crippen LogP) is 1.63. The summed E-state index contributed by atoms with van der Waals surface area (Å²) in [5, 5.41) is 0. The van der Waals surface area contributed by atoms with Crippen molar-refractivity contribution in [2.45, 2.75) is 52.6 Å². The van der Waals surface area contributed by atoms with Crippen molar-refractivity contribution in [1.82, 2.24) is 0 Å². The normalized spacial score (nSPS) is 11.7. The minimum Gasteiger partial charge on any atom is -0.462 e. The lowest BCUT2D eigenvalue weighted by molar-refractivity contribution is -0.160. The molecule has 98 valence electrons. The minimum absolute atomic E-state index is 0.0218. The zero-order valence-corrected chi connectivity index (χ0v) is 10.7. The highest BCUT2D eigenvalue weighted by molar-refractivity contribution is 5.79. The van der Waals surface area contributed by atoms with E-state index in [1.807, 2.05) is 0 Å². The maximum absolute atomic E-state index is 11.3. The molecule has 17 heavy (non-hydrogen) atoms. The largest absolute Gasteiger partial charge is 0.462 e. The predicted molar refractivity (Wildman–Crippen MR) is 61.3 cm³/mol. The summed E-state index contributed by atoms with van der Waals surface area (Å²) in [6.45, 7) is 5.02. The molecule has 0 bridgehead atoms. The van der Waals surface area contributed by atoms with Gasteiger partial charge in [-0.2, -0.15) is 0 Å². The van der Waals surface area contributed by atoms with Gasteiger partial charge in [-0.15, -0.1) is 0 Å². The van der Waals surface area contributed by atoms with Crippen LogP contribution in [0.3, 0.4) is 0 Å². The van der Waals surface area contributed by atoms with Crippen LogP contribution in [0.25, 0.3) is 0 Å². The number of ketones is 1. The van der Waals surface area contributed by atoms with Crippen LogP contribution in [0.1, 0.15) is 46.5 Å². The van der Waals surface area contributed by atoms with Gasteiger partial charge in [0.05, 0.1) is 0 Å². The molecule has 0 aromatic carbocycles. The molecule has 0 heterocycles. The first kappa shape index (κ1) is 15.6. The second-order valence-electron chi connectivity index (χ2n) is 3.60. The smallest absolute Gasteiger partial charge is 0.305 e. The molecule has 0 spiro atoms. The van der Waals surface area contributed by atoms with Crippen molar-refractivity contribution in [3.63, 3.8) is 0 Å². The maximum atomic E-state index is 11.3. The maximum Gasteiger partial charge on any atom is 0.305 e. The minimum atomic E-state index is -0.662. The van der Waals surface area contributed by atoms with Crippen LogP contribution in [-0.4, -0.2) is 30.4 Å². The van der Waals surface area contributed by atoms with Gasteiger partial charge in [-0.1, -0.05) is 20.8 Å². The van der Waals surface area contributed by atoms with Crippen LogP contribution in [0.2, 0.25) is 0 Å². The summed E-state index contributed by atoms with van der Waals surface area (Å²) in [6.07, 6.45) is 0.306. The Morgan fingerprint density at radius 2 is 1.53 bits per heavy atom. The summed E-state index contributed by atoms with van der Waals surface area (Å²) >= 11 is 0. The van der Waals surface area contributed by atoms with E-state index in [0.29, 0.717) is 6.42 Å². The highest BCUT2D eigenvalue weighted by Gasteiger charge is 2.18. The first-order valence-electron chi connectivity index (χ1n) is 5.90. The fourth-order valence-corrected chi connectivity index (χ4v) is 1.09. The van der Waals surface area contributed by atoms with Crippen molar-refractivity contribution in [1.29, 1.82) is 0 Å². The number of carbonyl (C=O) groups is 3. The van der Waals surface area contributed by atoms with Crippen LogP contribution in [0.5, 0.6) is 0 Å². The quantitative estimate of drug-likeness (QED) is 0.607. The van der Waals surface area contributed by atoms with Crippen LogP contribution in [-0.2, 0) is 23.9 Å². The van der Waals surface area contributed by atoms with E-state index in [-0.39, 0.29) is 37.6 Å². The summed E-state index contributed by atoms with van der Waals surface area (Å²) in [4.78, 5) is 33.4. The van der Waals surface area contributed by atoms with E-state index in [0.717, 1.165) is 0 Å². The zero-order chi connectivity index (χ0) is 13.3. The molecule has 0 aromatic heterocycles. The van der Waals surface area contributed by atoms with Crippen molar-refractivity contribution in [2.24, 2.45) is 0 Å². The Kier molecular flexibility index (Phi) is 8.01. The molecular formula is C12H20O5. The van der Waals surface area contributed by atoms with Crippen LogP contribution >= 0.6 is 0 Å². The van der Waals surface area contributed by atoms with Gasteiger partial charge in [0.15, 0.2) is 0 Å². The van der Waals surface area contributed by atoms with Gasteiger partial charge < -0.3 is 9.47 Å². The zero-order valence-electron chi connectivity index (χ0n) is 10.7. The molecule has 0 aliphatic carbocycles. The van der Waals surface area contributed by atoms with E-state index in [2.05, 4.69) is 0 Å². The lowest BCUT2D eigenvalue weighted by Crippen LogP contribution is -2.27. The molecule has 1 atom stereocenters. The molecule has 5 heteroatoms. The fraction of sp³-hybridized carbons (Fsp3) is 0.750. The molecule has 0 amide bonds. The Bertz CT molecular complexity index is 254. The first-order valence-corrected chi connectivity index (χ1v) is 5.90. The van der Waals surface area contributed by atoms with Crippen LogP contribution < -0.4 is 0 Å². The van der Waals surface area contributed by atoms with Crippen molar-refractivity contribution in [3.05, 3.63) is 0 Å². The van der Waals surface area contributed by atoms with E-state index < -0.39 is 12.1 Å². The molecular weight excluding hydrogens is 224 g/mol. The Balaban J connectivity index is 4.24. The van der Waals surface area contributed by atoms with Gasteiger partial charge in [0, 0.05) is 25.7 Å². The van der Waals surface area contributed by atoms with E-state index >= 15 is 0 Å². The Morgan fingerprint density at radius 3 is 2.00 bits per heavy atom. The summed E-state index contributed by atoms with van der Waals surface area (Å²) in [5.41, 5.74) is 0. The number of carbonyl (C=O) groups excluding carboxylic acids is 3. The van der Waals surface area contributed by atoms with E-state index in [1.54, 1.807) is 20.8 Å². The molecule has 5 nitrogen and oxygen atoms in total. The van der Waals surface area contributed by atoms with Gasteiger partial charge in [0.2, 0.25) is 0 Å². The van der Waals surface area contributed by atoms with Crippen molar-refractivity contribution in [2.75, 3.05) is 6.61 Å². The van der Waals surface area contributed by atoms with Gasteiger partial charge in [-0.3, -0.25) is 14.4 Å². The van der Waals surface area contributed by atoms with E-state index in [4.69, 9.17) is 9.47 Å². The van der Waals surface area contributed by atoms with Crippen LogP contribution in [0.15, 0.2) is 0 Å². The molecule has 0 radical (unpaired) electrons. The highest BCUT2D eigenvalue weighted by atomic mass is 16.6. The summed E-state index contributed by atoms with van der Waals surface area (Å²) < 4.78 is 9.91. The molecule has 0 saturated heterocycles. The average Bonchev–Trinajstić information content (AvgIpc) is 2.34. The van der Waals surface area contributed by atoms with Gasteiger partial charge >= 0.3 is 11.9 Å². The van der Waals surface area contributed by atoms with Crippen LogP contribution in [0, 0.1) is 0 Å². The third-order valence-corrected chi connectivity index (χ3v) is 2.16. The Hall–Kier alpha value is -1.39. The number of hydrogen-bond donors (Lipinski definition) is 0. The highest BCUT2D eigenvalue weighted by Crippen LogP contribution is 2.05. The van der Waals surface area contributed by atoms with Crippen LogP contribution in [0.4, 0.5) is 0 Å². The second kappa shape index (κ2) is 8.73. The molecule has 0 saturated carbocycles. The third kappa shape index (κ3) is 7.49. The van der Waals surface area contributed by atoms with Crippen molar-refractivity contribution >= 4 is 17.7 Å². The Labute approximate surface area is 101 Å². The molecule has 0 aliphatic rings. The molecule has 0 aliphatic heterocycles. The number of Topliss-reactive ketones (excluding diaryl/α,β-unsaturated/α-hetero) is 1.